The van der Waals surface area contributed by atoms with Crippen molar-refractivity contribution in [2.24, 2.45) is 0 Å². The van der Waals surface area contributed by atoms with Crippen LogP contribution in [-0.2, 0) is 11.3 Å². The first-order chi connectivity index (χ1) is 15.1. The number of hydrogen-bond donors (Lipinski definition) is 2. The minimum Gasteiger partial charge on any atom is -0.497 e. The lowest BCUT2D eigenvalue weighted by atomic mass is 10.0. The lowest BCUT2D eigenvalue weighted by molar-refractivity contribution is -0.135. The Bertz CT molecular complexity index is 900. The number of amides is 1. The summed E-state index contributed by atoms with van der Waals surface area (Å²) in [5.41, 5.74) is 8.76. The second kappa shape index (κ2) is 9.99. The minimum absolute atomic E-state index is 0.142. The molecule has 7 nitrogen and oxygen atoms in total. The van der Waals surface area contributed by atoms with Crippen LogP contribution in [0, 0.1) is 0 Å². The standard InChI is InChI=1S/C23H29BrN4O3/c1-30-19-7-8-22(31-2)17(13-19)15-27-9-11-28(12-10-27)23(29)21-14-20(25-26-21)16-3-5-18(24)6-4-16/h3-8,13,20-21,25-26H,9-12,14-15H2,1-2H3. The summed E-state index contributed by atoms with van der Waals surface area (Å²) in [6, 6.07) is 14.0. The number of hydrazine groups is 1. The van der Waals surface area contributed by atoms with Gasteiger partial charge in [0.25, 0.3) is 0 Å². The molecular weight excluding hydrogens is 460 g/mol. The largest absolute Gasteiger partial charge is 0.497 e. The van der Waals surface area contributed by atoms with Crippen LogP contribution in [0.15, 0.2) is 46.9 Å². The summed E-state index contributed by atoms with van der Waals surface area (Å²) in [6.07, 6.45) is 0.752. The van der Waals surface area contributed by atoms with Crippen LogP contribution >= 0.6 is 15.9 Å². The summed E-state index contributed by atoms with van der Waals surface area (Å²) in [5.74, 6) is 1.86. The SMILES string of the molecule is COc1ccc(OC)c(CN2CCN(C(=O)C3CC(c4ccc(Br)cc4)NN3)CC2)c1. The Morgan fingerprint density at radius 1 is 1.03 bits per heavy atom. The number of carbonyl (C=O) groups excluding carboxylic acids is 1. The van der Waals surface area contributed by atoms with Crippen molar-refractivity contribution in [3.05, 3.63) is 58.1 Å². The normalized spacial score (nSPS) is 21.8. The third-order valence-corrected chi connectivity index (χ3v) is 6.57. The third kappa shape index (κ3) is 5.20. The number of rotatable bonds is 6. The van der Waals surface area contributed by atoms with Gasteiger partial charge in [0.05, 0.1) is 14.2 Å². The lowest BCUT2D eigenvalue weighted by Gasteiger charge is -2.36. The average Bonchev–Trinajstić information content (AvgIpc) is 3.30. The average molecular weight is 489 g/mol. The van der Waals surface area contributed by atoms with Crippen molar-refractivity contribution in [2.45, 2.75) is 25.0 Å². The van der Waals surface area contributed by atoms with Crippen molar-refractivity contribution < 1.29 is 14.3 Å². The predicted octanol–water partition coefficient (Wildman–Crippen LogP) is 2.72. The van der Waals surface area contributed by atoms with Gasteiger partial charge in [-0.05, 0) is 42.3 Å². The topological polar surface area (TPSA) is 66.1 Å². The number of carbonyl (C=O) groups is 1. The summed E-state index contributed by atoms with van der Waals surface area (Å²) in [6.45, 7) is 3.90. The second-order valence-electron chi connectivity index (χ2n) is 7.96. The minimum atomic E-state index is -0.196. The maximum Gasteiger partial charge on any atom is 0.241 e. The summed E-state index contributed by atoms with van der Waals surface area (Å²) in [5, 5.41) is 0. The first-order valence-corrected chi connectivity index (χ1v) is 11.3. The smallest absolute Gasteiger partial charge is 0.241 e. The molecule has 0 aliphatic carbocycles. The van der Waals surface area contributed by atoms with Crippen molar-refractivity contribution in [2.75, 3.05) is 40.4 Å². The van der Waals surface area contributed by atoms with Gasteiger partial charge >= 0.3 is 0 Å². The van der Waals surface area contributed by atoms with Gasteiger partial charge in [0, 0.05) is 48.8 Å². The number of nitrogens with one attached hydrogen (secondary N) is 2. The molecule has 0 bridgehead atoms. The lowest BCUT2D eigenvalue weighted by Crippen LogP contribution is -2.53. The fourth-order valence-electron chi connectivity index (χ4n) is 4.22. The maximum absolute atomic E-state index is 13.0. The van der Waals surface area contributed by atoms with Gasteiger partial charge in [-0.25, -0.2) is 10.9 Å². The molecule has 2 heterocycles. The quantitative estimate of drug-likeness (QED) is 0.651. The van der Waals surface area contributed by atoms with Gasteiger partial charge in [0.15, 0.2) is 0 Å². The first-order valence-electron chi connectivity index (χ1n) is 10.6. The van der Waals surface area contributed by atoms with Crippen molar-refractivity contribution in [3.63, 3.8) is 0 Å². The van der Waals surface area contributed by atoms with E-state index in [1.807, 2.05) is 35.2 Å². The van der Waals surface area contributed by atoms with Gasteiger partial charge in [0.2, 0.25) is 5.91 Å². The van der Waals surface area contributed by atoms with E-state index in [1.54, 1.807) is 14.2 Å². The van der Waals surface area contributed by atoms with Crippen molar-refractivity contribution >= 4 is 21.8 Å². The van der Waals surface area contributed by atoms with E-state index in [1.165, 1.54) is 5.56 Å². The highest BCUT2D eigenvalue weighted by molar-refractivity contribution is 9.10. The van der Waals surface area contributed by atoms with Crippen LogP contribution < -0.4 is 20.3 Å². The Labute approximate surface area is 191 Å². The Morgan fingerprint density at radius 3 is 2.45 bits per heavy atom. The zero-order valence-electron chi connectivity index (χ0n) is 17.9. The molecule has 2 unspecified atom stereocenters. The van der Waals surface area contributed by atoms with Gasteiger partial charge in [-0.15, -0.1) is 0 Å². The number of ether oxygens (including phenoxy) is 2. The zero-order chi connectivity index (χ0) is 21.8. The molecule has 0 aromatic heterocycles. The molecule has 2 aliphatic heterocycles. The Kier molecular flexibility index (Phi) is 7.12. The van der Waals surface area contributed by atoms with Crippen molar-refractivity contribution in [1.29, 1.82) is 0 Å². The molecule has 1 amide bonds. The highest BCUT2D eigenvalue weighted by atomic mass is 79.9. The van der Waals surface area contributed by atoms with Crippen LogP contribution in [-0.4, -0.2) is 62.1 Å². The molecule has 2 aromatic rings. The molecular formula is C23H29BrN4O3. The van der Waals surface area contributed by atoms with Crippen LogP contribution in [0.3, 0.4) is 0 Å². The van der Waals surface area contributed by atoms with Gasteiger partial charge in [-0.1, -0.05) is 28.1 Å². The zero-order valence-corrected chi connectivity index (χ0v) is 19.5. The molecule has 4 rings (SSSR count). The molecule has 2 atom stereocenters. The first kappa shape index (κ1) is 22.1. The van der Waals surface area contributed by atoms with E-state index < -0.39 is 0 Å². The maximum atomic E-state index is 13.0. The van der Waals surface area contributed by atoms with E-state index in [2.05, 4.69) is 43.8 Å². The number of hydrogen-bond acceptors (Lipinski definition) is 6. The summed E-state index contributed by atoms with van der Waals surface area (Å²) in [7, 11) is 3.36. The molecule has 2 N–H and O–H groups in total. The van der Waals surface area contributed by atoms with Crippen LogP contribution in [0.2, 0.25) is 0 Å². The summed E-state index contributed by atoms with van der Waals surface area (Å²) >= 11 is 3.47. The fraction of sp³-hybridized carbons (Fsp3) is 0.435. The van der Waals surface area contributed by atoms with Crippen LogP contribution in [0.1, 0.15) is 23.6 Å². The number of methoxy groups -OCH3 is 2. The molecule has 31 heavy (non-hydrogen) atoms. The predicted molar refractivity (Wildman–Crippen MR) is 123 cm³/mol. The van der Waals surface area contributed by atoms with E-state index in [-0.39, 0.29) is 18.0 Å². The molecule has 2 aromatic carbocycles. The molecule has 0 saturated carbocycles. The molecule has 0 radical (unpaired) electrons. The van der Waals surface area contributed by atoms with E-state index in [9.17, 15) is 4.79 Å². The van der Waals surface area contributed by atoms with Gasteiger partial charge in [-0.3, -0.25) is 9.69 Å². The van der Waals surface area contributed by atoms with Crippen molar-refractivity contribution in [1.82, 2.24) is 20.7 Å². The number of halogens is 1. The van der Waals surface area contributed by atoms with E-state index in [0.717, 1.165) is 60.7 Å². The van der Waals surface area contributed by atoms with E-state index in [4.69, 9.17) is 9.47 Å². The van der Waals surface area contributed by atoms with Crippen LogP contribution in [0.25, 0.3) is 0 Å². The van der Waals surface area contributed by atoms with Crippen LogP contribution in [0.4, 0.5) is 0 Å². The molecule has 8 heteroatoms. The number of benzene rings is 2. The molecule has 2 aliphatic rings. The van der Waals surface area contributed by atoms with Crippen molar-refractivity contribution in [3.8, 4) is 11.5 Å². The highest BCUT2D eigenvalue weighted by Gasteiger charge is 2.34. The molecule has 2 saturated heterocycles. The summed E-state index contributed by atoms with van der Waals surface area (Å²) < 4.78 is 11.9. The van der Waals surface area contributed by atoms with Crippen LogP contribution in [0.5, 0.6) is 11.5 Å². The third-order valence-electron chi connectivity index (χ3n) is 6.04. The Balaban J connectivity index is 1.30. The summed E-state index contributed by atoms with van der Waals surface area (Å²) in [4.78, 5) is 17.4. The van der Waals surface area contributed by atoms with E-state index >= 15 is 0 Å². The Hall–Kier alpha value is -2.13. The monoisotopic (exact) mass is 488 g/mol. The van der Waals surface area contributed by atoms with E-state index in [0.29, 0.717) is 0 Å². The van der Waals surface area contributed by atoms with Gasteiger partial charge in [-0.2, -0.15) is 0 Å². The highest BCUT2D eigenvalue weighted by Crippen LogP contribution is 2.27. The van der Waals surface area contributed by atoms with Gasteiger partial charge in [0.1, 0.15) is 17.5 Å². The number of nitrogens with zero attached hydrogens (tertiary/aromatic N) is 2. The molecule has 2 fully saturated rings. The molecule has 0 spiro atoms. The molecule has 166 valence electrons. The Morgan fingerprint density at radius 2 is 1.77 bits per heavy atom. The number of piperazine rings is 1. The van der Waals surface area contributed by atoms with Gasteiger partial charge < -0.3 is 14.4 Å². The second-order valence-corrected chi connectivity index (χ2v) is 8.88. The fourth-order valence-corrected chi connectivity index (χ4v) is 4.49.